The zero-order valence-electron chi connectivity index (χ0n) is 13.7. The fraction of sp³-hybridized carbons (Fsp3) is 0.375. The Balaban J connectivity index is 1.43. The molecule has 1 aliphatic rings. The molecule has 8 nitrogen and oxygen atoms in total. The molecule has 0 saturated carbocycles. The number of imidazole rings is 2. The standard InChI is InChI=1S/C16H19N7O/c1-10-8-23-15(18-10)4-3-14(21-23)20-12-5-6-22(9-12)16(24)13-7-17-11(2)19-13/h3-4,7-8,12H,5-6,9H2,1-2H3,(H,17,19)(H,20,21). The molecule has 24 heavy (non-hydrogen) atoms. The van der Waals surface area contributed by atoms with Crippen LogP contribution in [0.15, 0.2) is 24.5 Å². The van der Waals surface area contributed by atoms with Crippen LogP contribution in [0.25, 0.3) is 5.65 Å². The van der Waals surface area contributed by atoms with E-state index >= 15 is 0 Å². The quantitative estimate of drug-likeness (QED) is 0.759. The minimum Gasteiger partial charge on any atom is -0.364 e. The van der Waals surface area contributed by atoms with Gasteiger partial charge in [-0.3, -0.25) is 4.79 Å². The van der Waals surface area contributed by atoms with Crippen molar-refractivity contribution in [3.8, 4) is 0 Å². The third kappa shape index (κ3) is 2.70. The molecular formula is C16H19N7O. The number of likely N-dealkylation sites (tertiary alicyclic amines) is 1. The predicted octanol–water partition coefficient (Wildman–Crippen LogP) is 1.40. The van der Waals surface area contributed by atoms with Gasteiger partial charge >= 0.3 is 0 Å². The molecule has 0 aromatic carbocycles. The minimum absolute atomic E-state index is 0.00598. The molecule has 8 heteroatoms. The Kier molecular flexibility index (Phi) is 3.44. The van der Waals surface area contributed by atoms with Crippen molar-refractivity contribution >= 4 is 17.4 Å². The van der Waals surface area contributed by atoms with E-state index in [9.17, 15) is 4.79 Å². The van der Waals surface area contributed by atoms with Gasteiger partial charge in [0.05, 0.1) is 18.1 Å². The summed E-state index contributed by atoms with van der Waals surface area (Å²) in [6.07, 6.45) is 4.38. The summed E-state index contributed by atoms with van der Waals surface area (Å²) in [5.74, 6) is 1.53. The van der Waals surface area contributed by atoms with Crippen LogP contribution in [0.4, 0.5) is 5.82 Å². The molecule has 1 amide bonds. The highest BCUT2D eigenvalue weighted by Crippen LogP contribution is 2.17. The number of nitrogens with zero attached hydrogens (tertiary/aromatic N) is 5. The number of nitrogens with one attached hydrogen (secondary N) is 2. The van der Waals surface area contributed by atoms with E-state index in [1.807, 2.05) is 37.1 Å². The molecule has 0 aliphatic carbocycles. The number of aromatic amines is 1. The van der Waals surface area contributed by atoms with E-state index in [4.69, 9.17) is 0 Å². The maximum absolute atomic E-state index is 12.4. The second kappa shape index (κ2) is 5.63. The first-order valence-electron chi connectivity index (χ1n) is 7.99. The summed E-state index contributed by atoms with van der Waals surface area (Å²) >= 11 is 0. The molecule has 0 bridgehead atoms. The first kappa shape index (κ1) is 14.7. The first-order chi connectivity index (χ1) is 11.6. The van der Waals surface area contributed by atoms with Crippen molar-refractivity contribution in [1.29, 1.82) is 0 Å². The average molecular weight is 325 g/mol. The van der Waals surface area contributed by atoms with Crippen LogP contribution in [0.5, 0.6) is 0 Å². The van der Waals surface area contributed by atoms with Crippen LogP contribution in [0.2, 0.25) is 0 Å². The van der Waals surface area contributed by atoms with Crippen molar-refractivity contribution in [3.63, 3.8) is 0 Å². The highest BCUT2D eigenvalue weighted by molar-refractivity contribution is 5.92. The number of amides is 1. The van der Waals surface area contributed by atoms with Crippen LogP contribution in [-0.2, 0) is 0 Å². The highest BCUT2D eigenvalue weighted by Gasteiger charge is 2.28. The summed E-state index contributed by atoms with van der Waals surface area (Å²) < 4.78 is 1.77. The highest BCUT2D eigenvalue weighted by atomic mass is 16.2. The van der Waals surface area contributed by atoms with Crippen LogP contribution < -0.4 is 5.32 Å². The normalized spacial score (nSPS) is 17.6. The Bertz CT molecular complexity index is 897. The van der Waals surface area contributed by atoms with E-state index in [1.165, 1.54) is 0 Å². The van der Waals surface area contributed by atoms with Gasteiger partial charge in [-0.25, -0.2) is 14.5 Å². The maximum atomic E-state index is 12.4. The lowest BCUT2D eigenvalue weighted by Gasteiger charge is -2.16. The van der Waals surface area contributed by atoms with Crippen LogP contribution in [-0.4, -0.2) is 54.5 Å². The number of fused-ring (bicyclic) bond motifs is 1. The predicted molar refractivity (Wildman–Crippen MR) is 89.0 cm³/mol. The van der Waals surface area contributed by atoms with Gasteiger partial charge < -0.3 is 15.2 Å². The molecule has 3 aromatic rings. The summed E-state index contributed by atoms with van der Waals surface area (Å²) in [6.45, 7) is 5.16. The molecule has 124 valence electrons. The van der Waals surface area contributed by atoms with E-state index in [0.717, 1.165) is 35.9 Å². The Morgan fingerprint density at radius 3 is 3.04 bits per heavy atom. The summed E-state index contributed by atoms with van der Waals surface area (Å²) in [5.41, 5.74) is 2.31. The third-order valence-electron chi connectivity index (χ3n) is 4.20. The lowest BCUT2D eigenvalue weighted by molar-refractivity contribution is 0.0786. The summed E-state index contributed by atoms with van der Waals surface area (Å²) in [7, 11) is 0. The van der Waals surface area contributed by atoms with E-state index in [2.05, 4.69) is 25.4 Å². The van der Waals surface area contributed by atoms with Gasteiger partial charge in [0.1, 0.15) is 17.3 Å². The lowest BCUT2D eigenvalue weighted by Crippen LogP contribution is -2.32. The van der Waals surface area contributed by atoms with E-state index in [-0.39, 0.29) is 11.9 Å². The monoisotopic (exact) mass is 325 g/mol. The van der Waals surface area contributed by atoms with E-state index in [0.29, 0.717) is 12.2 Å². The molecule has 0 spiro atoms. The van der Waals surface area contributed by atoms with Crippen molar-refractivity contribution < 1.29 is 4.79 Å². The van der Waals surface area contributed by atoms with Crippen LogP contribution in [0, 0.1) is 13.8 Å². The zero-order valence-corrected chi connectivity index (χ0v) is 13.7. The second-order valence-electron chi connectivity index (χ2n) is 6.17. The van der Waals surface area contributed by atoms with Crippen molar-refractivity contribution in [2.75, 3.05) is 18.4 Å². The molecule has 1 fully saturated rings. The molecule has 4 heterocycles. The molecular weight excluding hydrogens is 306 g/mol. The second-order valence-corrected chi connectivity index (χ2v) is 6.17. The third-order valence-corrected chi connectivity index (χ3v) is 4.20. The molecule has 2 N–H and O–H groups in total. The number of aromatic nitrogens is 5. The van der Waals surface area contributed by atoms with Crippen LogP contribution >= 0.6 is 0 Å². The molecule has 1 aliphatic heterocycles. The number of anilines is 1. The fourth-order valence-corrected chi connectivity index (χ4v) is 3.05. The fourth-order valence-electron chi connectivity index (χ4n) is 3.05. The summed E-state index contributed by atoms with van der Waals surface area (Å²) in [4.78, 5) is 25.7. The van der Waals surface area contributed by atoms with Crippen molar-refractivity contribution in [3.05, 3.63) is 41.7 Å². The largest absolute Gasteiger partial charge is 0.364 e. The zero-order chi connectivity index (χ0) is 16.7. The Labute approximate surface area is 138 Å². The van der Waals surface area contributed by atoms with Gasteiger partial charge in [-0.1, -0.05) is 0 Å². The number of H-pyrrole nitrogens is 1. The van der Waals surface area contributed by atoms with E-state index < -0.39 is 0 Å². The average Bonchev–Trinajstić information content (AvgIpc) is 3.25. The molecule has 3 aromatic heterocycles. The Hall–Kier alpha value is -2.90. The number of aryl methyl sites for hydroxylation is 2. The van der Waals surface area contributed by atoms with Crippen molar-refractivity contribution in [2.24, 2.45) is 0 Å². The van der Waals surface area contributed by atoms with Gasteiger partial charge in [-0.2, -0.15) is 0 Å². The Morgan fingerprint density at radius 1 is 1.38 bits per heavy atom. The molecule has 1 saturated heterocycles. The number of carbonyl (C=O) groups excluding carboxylic acids is 1. The van der Waals surface area contributed by atoms with Crippen LogP contribution in [0.1, 0.15) is 28.4 Å². The van der Waals surface area contributed by atoms with Crippen molar-refractivity contribution in [2.45, 2.75) is 26.3 Å². The Morgan fingerprint density at radius 2 is 2.25 bits per heavy atom. The smallest absolute Gasteiger partial charge is 0.271 e. The van der Waals surface area contributed by atoms with Crippen LogP contribution in [0.3, 0.4) is 0 Å². The number of hydrogen-bond donors (Lipinski definition) is 2. The van der Waals surface area contributed by atoms with Gasteiger partial charge in [0.15, 0.2) is 5.65 Å². The lowest BCUT2D eigenvalue weighted by atomic mass is 10.2. The summed E-state index contributed by atoms with van der Waals surface area (Å²) in [5, 5.41) is 7.92. The van der Waals surface area contributed by atoms with Gasteiger partial charge in [0.2, 0.25) is 0 Å². The van der Waals surface area contributed by atoms with Gasteiger partial charge in [0.25, 0.3) is 5.91 Å². The van der Waals surface area contributed by atoms with Gasteiger partial charge in [-0.15, -0.1) is 5.10 Å². The maximum Gasteiger partial charge on any atom is 0.271 e. The number of rotatable bonds is 3. The molecule has 1 unspecified atom stereocenters. The van der Waals surface area contributed by atoms with Gasteiger partial charge in [-0.05, 0) is 32.4 Å². The van der Waals surface area contributed by atoms with Crippen molar-refractivity contribution in [1.82, 2.24) is 29.5 Å². The number of carbonyl (C=O) groups is 1. The minimum atomic E-state index is -0.00598. The summed E-state index contributed by atoms with van der Waals surface area (Å²) in [6, 6.07) is 4.05. The SMILES string of the molecule is Cc1cn2nc(NC3CCN(C(=O)c4cnc(C)[nH]4)C3)ccc2n1. The first-order valence-corrected chi connectivity index (χ1v) is 7.99. The number of hydrogen-bond acceptors (Lipinski definition) is 5. The molecule has 1 atom stereocenters. The van der Waals surface area contributed by atoms with Gasteiger partial charge in [0, 0.05) is 19.1 Å². The van der Waals surface area contributed by atoms with E-state index in [1.54, 1.807) is 10.7 Å². The molecule has 0 radical (unpaired) electrons. The topological polar surface area (TPSA) is 91.2 Å². The molecule has 4 rings (SSSR count).